The normalized spacial score (nSPS) is 24.8. The molecule has 1 unspecified atom stereocenters. The van der Waals surface area contributed by atoms with Gasteiger partial charge in [0.15, 0.2) is 0 Å². The molecule has 0 saturated heterocycles. The summed E-state index contributed by atoms with van der Waals surface area (Å²) in [7, 11) is 0. The van der Waals surface area contributed by atoms with Gasteiger partial charge in [0, 0.05) is 5.03 Å². The van der Waals surface area contributed by atoms with Crippen LogP contribution in [0, 0.1) is 11.3 Å². The Morgan fingerprint density at radius 3 is 2.43 bits per heavy atom. The van der Waals surface area contributed by atoms with Crippen molar-refractivity contribution in [3.63, 3.8) is 0 Å². The number of halogens is 1. The summed E-state index contributed by atoms with van der Waals surface area (Å²) in [6.45, 7) is 4.56. The van der Waals surface area contributed by atoms with Crippen LogP contribution in [0.15, 0.2) is 36.4 Å². The van der Waals surface area contributed by atoms with E-state index >= 15 is 0 Å². The van der Waals surface area contributed by atoms with Gasteiger partial charge in [-0.25, -0.2) is 0 Å². The molecule has 1 saturated carbocycles. The summed E-state index contributed by atoms with van der Waals surface area (Å²) in [5.41, 5.74) is 1.59. The second-order valence-electron chi connectivity index (χ2n) is 4.68. The molecule has 0 spiro atoms. The van der Waals surface area contributed by atoms with Gasteiger partial charge in [0.05, 0.1) is 0 Å². The van der Waals surface area contributed by atoms with E-state index in [-0.39, 0.29) is 0 Å². The molecule has 1 aromatic carbocycles. The fourth-order valence-corrected chi connectivity index (χ4v) is 1.94. The van der Waals surface area contributed by atoms with E-state index in [1.165, 1.54) is 6.42 Å². The molecule has 2 rings (SSSR count). The van der Waals surface area contributed by atoms with Crippen molar-refractivity contribution in [1.29, 1.82) is 0 Å². The highest BCUT2D eigenvalue weighted by Gasteiger charge is 2.43. The molecule has 0 aromatic heterocycles. The molecule has 0 aliphatic heterocycles. The van der Waals surface area contributed by atoms with Gasteiger partial charge in [-0.15, -0.1) is 0 Å². The first-order valence-electron chi connectivity index (χ1n) is 5.02. The molecule has 0 amide bonds. The second-order valence-corrected chi connectivity index (χ2v) is 5.09. The fourth-order valence-electron chi connectivity index (χ4n) is 1.66. The molecular weight excluding hydrogens is 192 g/mol. The Balaban J connectivity index is 2.14. The van der Waals surface area contributed by atoms with Crippen LogP contribution >= 0.6 is 11.6 Å². The zero-order valence-electron chi connectivity index (χ0n) is 8.63. The third-order valence-electron chi connectivity index (χ3n) is 2.99. The van der Waals surface area contributed by atoms with Gasteiger partial charge in [0.1, 0.15) is 0 Å². The third-order valence-corrected chi connectivity index (χ3v) is 3.33. The van der Waals surface area contributed by atoms with Crippen molar-refractivity contribution in [2.75, 3.05) is 0 Å². The van der Waals surface area contributed by atoms with Gasteiger partial charge in [-0.3, -0.25) is 0 Å². The van der Waals surface area contributed by atoms with Crippen LogP contribution in [-0.4, -0.2) is 0 Å². The predicted molar refractivity (Wildman–Crippen MR) is 62.2 cm³/mol. The van der Waals surface area contributed by atoms with E-state index in [9.17, 15) is 0 Å². The molecule has 1 heteroatoms. The lowest BCUT2D eigenvalue weighted by Crippen LogP contribution is -1.87. The van der Waals surface area contributed by atoms with E-state index in [4.69, 9.17) is 11.6 Å². The van der Waals surface area contributed by atoms with Crippen LogP contribution < -0.4 is 0 Å². The second kappa shape index (κ2) is 3.43. The Bertz CT molecular complexity index is 349. The average molecular weight is 207 g/mol. The number of benzene rings is 1. The standard InChI is InChI=1S/C13H15Cl/c1-13(2)9-11(13)8-12(14)10-6-4-3-5-7-10/h3-8,11H,9H2,1-2H3. The maximum Gasteiger partial charge on any atom is 0.0441 e. The smallest absolute Gasteiger partial charge is 0.0441 e. The molecule has 1 atom stereocenters. The van der Waals surface area contributed by atoms with Crippen LogP contribution in [0.4, 0.5) is 0 Å². The summed E-state index contributed by atoms with van der Waals surface area (Å²) in [6, 6.07) is 10.1. The molecule has 0 nitrogen and oxygen atoms in total. The lowest BCUT2D eigenvalue weighted by molar-refractivity contribution is 0.611. The van der Waals surface area contributed by atoms with Crippen LogP contribution in [0.2, 0.25) is 0 Å². The maximum absolute atomic E-state index is 6.23. The first-order valence-corrected chi connectivity index (χ1v) is 5.40. The number of hydrogen-bond donors (Lipinski definition) is 0. The minimum Gasteiger partial charge on any atom is -0.0840 e. The number of rotatable bonds is 2. The highest BCUT2D eigenvalue weighted by atomic mass is 35.5. The summed E-state index contributed by atoms with van der Waals surface area (Å²) < 4.78 is 0. The molecule has 0 heterocycles. The van der Waals surface area contributed by atoms with Gasteiger partial charge < -0.3 is 0 Å². The van der Waals surface area contributed by atoms with Crippen molar-refractivity contribution in [2.24, 2.45) is 11.3 Å². The van der Waals surface area contributed by atoms with E-state index < -0.39 is 0 Å². The fraction of sp³-hybridized carbons (Fsp3) is 0.385. The van der Waals surface area contributed by atoms with Gasteiger partial charge in [0.25, 0.3) is 0 Å². The van der Waals surface area contributed by atoms with Gasteiger partial charge in [0.2, 0.25) is 0 Å². The topological polar surface area (TPSA) is 0 Å². The molecular formula is C13H15Cl. The Morgan fingerprint density at radius 1 is 1.36 bits per heavy atom. The van der Waals surface area contributed by atoms with Crippen LogP contribution in [0.5, 0.6) is 0 Å². The van der Waals surface area contributed by atoms with Crippen LogP contribution in [0.1, 0.15) is 25.8 Å². The Kier molecular flexibility index (Phi) is 2.40. The molecule has 14 heavy (non-hydrogen) atoms. The zero-order valence-corrected chi connectivity index (χ0v) is 9.38. The van der Waals surface area contributed by atoms with Crippen molar-refractivity contribution in [3.05, 3.63) is 42.0 Å². The molecule has 1 fully saturated rings. The highest BCUT2D eigenvalue weighted by Crippen LogP contribution is 2.53. The van der Waals surface area contributed by atoms with Crippen molar-refractivity contribution in [3.8, 4) is 0 Å². The lowest BCUT2D eigenvalue weighted by Gasteiger charge is -2.00. The number of hydrogen-bond acceptors (Lipinski definition) is 0. The Hall–Kier alpha value is -0.750. The highest BCUT2D eigenvalue weighted by molar-refractivity contribution is 6.48. The molecule has 0 N–H and O–H groups in total. The van der Waals surface area contributed by atoms with Crippen LogP contribution in [-0.2, 0) is 0 Å². The van der Waals surface area contributed by atoms with Crippen molar-refractivity contribution < 1.29 is 0 Å². The predicted octanol–water partition coefficient (Wildman–Crippen LogP) is 4.31. The largest absolute Gasteiger partial charge is 0.0840 e. The maximum atomic E-state index is 6.23. The number of allylic oxidation sites excluding steroid dienone is 1. The summed E-state index contributed by atoms with van der Waals surface area (Å²) in [4.78, 5) is 0. The lowest BCUT2D eigenvalue weighted by atomic mass is 10.1. The molecule has 1 aliphatic carbocycles. The van der Waals surface area contributed by atoms with Crippen LogP contribution in [0.3, 0.4) is 0 Å². The molecule has 74 valence electrons. The SMILES string of the molecule is CC1(C)CC1C=C(Cl)c1ccccc1. The van der Waals surface area contributed by atoms with Crippen molar-refractivity contribution in [1.82, 2.24) is 0 Å². The summed E-state index contributed by atoms with van der Waals surface area (Å²) in [6.07, 6.45) is 3.45. The third kappa shape index (κ3) is 2.01. The molecule has 1 aliphatic rings. The van der Waals surface area contributed by atoms with E-state index in [2.05, 4.69) is 19.9 Å². The van der Waals surface area contributed by atoms with Crippen LogP contribution in [0.25, 0.3) is 5.03 Å². The average Bonchev–Trinajstić information content (AvgIpc) is 2.75. The van der Waals surface area contributed by atoms with Crippen molar-refractivity contribution >= 4 is 16.6 Å². The molecule has 0 radical (unpaired) electrons. The monoisotopic (exact) mass is 206 g/mol. The van der Waals surface area contributed by atoms with Gasteiger partial charge in [-0.1, -0.05) is 61.9 Å². The zero-order chi connectivity index (χ0) is 10.2. The first-order chi connectivity index (χ1) is 6.59. The van der Waals surface area contributed by atoms with Gasteiger partial charge >= 0.3 is 0 Å². The minimum absolute atomic E-state index is 0.467. The molecule has 1 aromatic rings. The van der Waals surface area contributed by atoms with E-state index in [1.807, 2.05) is 30.3 Å². The quantitative estimate of drug-likeness (QED) is 0.677. The Morgan fingerprint density at radius 2 is 1.93 bits per heavy atom. The summed E-state index contributed by atoms with van der Waals surface area (Å²) >= 11 is 6.23. The van der Waals surface area contributed by atoms with Crippen molar-refractivity contribution in [2.45, 2.75) is 20.3 Å². The van der Waals surface area contributed by atoms with Gasteiger partial charge in [-0.2, -0.15) is 0 Å². The van der Waals surface area contributed by atoms with Gasteiger partial charge in [-0.05, 0) is 23.3 Å². The minimum atomic E-state index is 0.467. The van der Waals surface area contributed by atoms with E-state index in [1.54, 1.807) is 0 Å². The molecule has 0 bridgehead atoms. The Labute approximate surface area is 90.6 Å². The summed E-state index contributed by atoms with van der Waals surface area (Å²) in [5, 5.41) is 0.890. The van der Waals surface area contributed by atoms with E-state index in [0.29, 0.717) is 11.3 Å². The van der Waals surface area contributed by atoms with E-state index in [0.717, 1.165) is 10.6 Å². The first kappa shape index (κ1) is 9.79. The summed E-state index contributed by atoms with van der Waals surface area (Å²) in [5.74, 6) is 0.662.